The van der Waals surface area contributed by atoms with E-state index in [1.807, 2.05) is 37.3 Å². The van der Waals surface area contributed by atoms with E-state index >= 15 is 0 Å². The van der Waals surface area contributed by atoms with Gasteiger partial charge in [-0.2, -0.15) is 4.39 Å². The molecule has 110 valence electrons. The third-order valence-electron chi connectivity index (χ3n) is 3.82. The summed E-state index contributed by atoms with van der Waals surface area (Å²) in [6.07, 6.45) is 3.19. The fraction of sp³-hybridized carbons (Fsp3) is 0.400. The lowest BCUT2D eigenvalue weighted by molar-refractivity contribution is 0.107. The smallest absolute Gasteiger partial charge is 0.264 e. The van der Waals surface area contributed by atoms with E-state index in [9.17, 15) is 9.18 Å². The van der Waals surface area contributed by atoms with Crippen molar-refractivity contribution in [3.05, 3.63) is 47.5 Å². The second-order valence-electron chi connectivity index (χ2n) is 5.22. The van der Waals surface area contributed by atoms with Crippen molar-refractivity contribution in [2.75, 3.05) is 0 Å². The fourth-order valence-corrected chi connectivity index (χ4v) is 3.45. The van der Waals surface area contributed by atoms with Crippen molar-refractivity contribution in [1.82, 2.24) is 15.0 Å². The molecular weight excluding hydrogens is 289 g/mol. The zero-order chi connectivity index (χ0) is 14.8. The molecule has 2 aromatic rings. The van der Waals surface area contributed by atoms with Crippen LogP contribution < -0.4 is 0 Å². The largest absolute Gasteiger partial charge is 0.280 e. The van der Waals surface area contributed by atoms with Crippen molar-refractivity contribution in [2.24, 2.45) is 0 Å². The lowest BCUT2D eigenvalue weighted by Crippen LogP contribution is -2.20. The number of hydrogen-bond donors (Lipinski definition) is 0. The Labute approximate surface area is 126 Å². The topological polar surface area (TPSA) is 47.8 Å². The number of benzene rings is 1. The first-order valence-corrected chi connectivity index (χ1v) is 7.91. The molecule has 0 unspecified atom stereocenters. The Balaban J connectivity index is 1.87. The van der Waals surface area contributed by atoms with Crippen molar-refractivity contribution in [3.8, 4) is 0 Å². The number of thioether (sulfide) groups is 1. The highest BCUT2D eigenvalue weighted by Crippen LogP contribution is 2.34. The maximum atomic E-state index is 13.9. The van der Waals surface area contributed by atoms with Crippen LogP contribution >= 0.6 is 11.8 Å². The molecule has 1 fully saturated rings. The van der Waals surface area contributed by atoms with Crippen LogP contribution in [-0.4, -0.2) is 25.4 Å². The fourth-order valence-electron chi connectivity index (χ4n) is 2.29. The quantitative estimate of drug-likeness (QED) is 0.868. The van der Waals surface area contributed by atoms with E-state index in [-0.39, 0.29) is 16.9 Å². The highest BCUT2D eigenvalue weighted by Gasteiger charge is 2.29. The van der Waals surface area contributed by atoms with E-state index in [1.54, 1.807) is 0 Å². The van der Waals surface area contributed by atoms with Crippen LogP contribution in [0.15, 0.2) is 30.3 Å². The van der Waals surface area contributed by atoms with Gasteiger partial charge in [0.15, 0.2) is 5.69 Å². The van der Waals surface area contributed by atoms with Crippen LogP contribution in [0.1, 0.15) is 48.3 Å². The molecule has 0 amide bonds. The van der Waals surface area contributed by atoms with Gasteiger partial charge in [-0.1, -0.05) is 58.8 Å². The summed E-state index contributed by atoms with van der Waals surface area (Å²) in [5.41, 5.74) is 0.938. The van der Waals surface area contributed by atoms with Gasteiger partial charge in [-0.15, -0.1) is 0 Å². The molecule has 0 saturated heterocycles. The standard InChI is InChI=1S/C15H16FN3OS/c1-10(11-6-3-2-4-7-11)19-13(14(16)17-18-19)15(20)21-12-8-5-9-12/h2-4,6-7,10,12H,5,8-9H2,1H3/t10-/m1/s1. The first-order valence-electron chi connectivity index (χ1n) is 7.03. The van der Waals surface area contributed by atoms with Gasteiger partial charge < -0.3 is 0 Å². The molecule has 1 aliphatic carbocycles. The Bertz CT molecular complexity index is 640. The van der Waals surface area contributed by atoms with Crippen molar-refractivity contribution in [2.45, 2.75) is 37.5 Å². The predicted molar refractivity (Wildman–Crippen MR) is 79.8 cm³/mol. The van der Waals surface area contributed by atoms with Crippen LogP contribution in [0.2, 0.25) is 0 Å². The van der Waals surface area contributed by atoms with Gasteiger partial charge >= 0.3 is 0 Å². The molecule has 4 nitrogen and oxygen atoms in total. The van der Waals surface area contributed by atoms with Crippen molar-refractivity contribution >= 4 is 16.9 Å². The van der Waals surface area contributed by atoms with Gasteiger partial charge in [0.25, 0.3) is 5.95 Å². The van der Waals surface area contributed by atoms with E-state index in [0.29, 0.717) is 5.25 Å². The molecule has 1 saturated carbocycles. The third kappa shape index (κ3) is 2.85. The van der Waals surface area contributed by atoms with Crippen LogP contribution in [0.25, 0.3) is 0 Å². The maximum Gasteiger partial charge on any atom is 0.264 e. The predicted octanol–water partition coefficient (Wildman–Crippen LogP) is 3.45. The number of rotatable bonds is 4. The van der Waals surface area contributed by atoms with Crippen LogP contribution in [0.5, 0.6) is 0 Å². The lowest BCUT2D eigenvalue weighted by atomic mass is 10.0. The monoisotopic (exact) mass is 305 g/mol. The average molecular weight is 305 g/mol. The maximum absolute atomic E-state index is 13.9. The molecule has 0 N–H and O–H groups in total. The number of carbonyl (C=O) groups is 1. The first-order chi connectivity index (χ1) is 10.2. The van der Waals surface area contributed by atoms with Crippen LogP contribution in [-0.2, 0) is 0 Å². The van der Waals surface area contributed by atoms with Gasteiger partial charge in [0.1, 0.15) is 0 Å². The van der Waals surface area contributed by atoms with Gasteiger partial charge in [-0.25, -0.2) is 4.68 Å². The van der Waals surface area contributed by atoms with Gasteiger partial charge in [-0.3, -0.25) is 4.79 Å². The van der Waals surface area contributed by atoms with Crippen molar-refractivity contribution in [3.63, 3.8) is 0 Å². The summed E-state index contributed by atoms with van der Waals surface area (Å²) in [7, 11) is 0. The summed E-state index contributed by atoms with van der Waals surface area (Å²) in [4.78, 5) is 12.3. The molecule has 1 aromatic heterocycles. The SMILES string of the molecule is C[C@H](c1ccccc1)n1nnc(F)c1C(=O)SC1CCC1. The summed E-state index contributed by atoms with van der Waals surface area (Å²) < 4.78 is 15.3. The first kappa shape index (κ1) is 14.3. The molecule has 0 radical (unpaired) electrons. The highest BCUT2D eigenvalue weighted by molar-refractivity contribution is 8.14. The number of halogens is 1. The lowest BCUT2D eigenvalue weighted by Gasteiger charge is -2.23. The van der Waals surface area contributed by atoms with E-state index < -0.39 is 5.95 Å². The zero-order valence-corrected chi connectivity index (χ0v) is 12.5. The third-order valence-corrected chi connectivity index (χ3v) is 5.03. The molecule has 21 heavy (non-hydrogen) atoms. The number of carbonyl (C=O) groups excluding carboxylic acids is 1. The molecule has 1 atom stereocenters. The summed E-state index contributed by atoms with van der Waals surface area (Å²) >= 11 is 1.21. The molecular formula is C15H16FN3OS. The molecule has 3 rings (SSSR count). The second kappa shape index (κ2) is 5.97. The van der Waals surface area contributed by atoms with Gasteiger partial charge in [0.05, 0.1) is 6.04 Å². The Morgan fingerprint density at radius 3 is 2.71 bits per heavy atom. The highest BCUT2D eigenvalue weighted by atomic mass is 32.2. The summed E-state index contributed by atoms with van der Waals surface area (Å²) in [6, 6.07) is 9.35. The second-order valence-corrected chi connectivity index (χ2v) is 6.49. The van der Waals surface area contributed by atoms with Crippen molar-refractivity contribution < 1.29 is 9.18 Å². The number of hydrogen-bond acceptors (Lipinski definition) is 4. The van der Waals surface area contributed by atoms with E-state index in [4.69, 9.17) is 0 Å². The zero-order valence-electron chi connectivity index (χ0n) is 11.7. The molecule has 1 heterocycles. The van der Waals surface area contributed by atoms with Crippen LogP contribution in [0.4, 0.5) is 4.39 Å². The molecule has 0 bridgehead atoms. The molecule has 1 aliphatic rings. The van der Waals surface area contributed by atoms with Crippen molar-refractivity contribution in [1.29, 1.82) is 0 Å². The van der Waals surface area contributed by atoms with Gasteiger partial charge in [-0.05, 0) is 25.3 Å². The van der Waals surface area contributed by atoms with E-state index in [1.165, 1.54) is 16.4 Å². The Morgan fingerprint density at radius 1 is 1.38 bits per heavy atom. The Kier molecular flexibility index (Phi) is 4.05. The van der Waals surface area contributed by atoms with E-state index in [0.717, 1.165) is 24.8 Å². The van der Waals surface area contributed by atoms with Crippen LogP contribution in [0, 0.1) is 5.95 Å². The van der Waals surface area contributed by atoms with E-state index in [2.05, 4.69) is 10.3 Å². The molecule has 0 spiro atoms. The minimum atomic E-state index is -0.783. The number of nitrogens with zero attached hydrogens (tertiary/aromatic N) is 3. The Hall–Kier alpha value is -1.69. The average Bonchev–Trinajstić information content (AvgIpc) is 2.84. The minimum absolute atomic E-state index is 0.0248. The van der Waals surface area contributed by atoms with Gasteiger partial charge in [0.2, 0.25) is 5.12 Å². The van der Waals surface area contributed by atoms with Crippen LogP contribution in [0.3, 0.4) is 0 Å². The number of aromatic nitrogens is 3. The minimum Gasteiger partial charge on any atom is -0.280 e. The molecule has 1 aromatic carbocycles. The molecule has 0 aliphatic heterocycles. The normalized spacial score (nSPS) is 16.5. The molecule has 6 heteroatoms. The Morgan fingerprint density at radius 2 is 2.10 bits per heavy atom. The summed E-state index contributed by atoms with van der Waals surface area (Å²) in [5.74, 6) is -0.783. The summed E-state index contributed by atoms with van der Waals surface area (Å²) in [5, 5.41) is 7.31. The van der Waals surface area contributed by atoms with Gasteiger partial charge in [0, 0.05) is 5.25 Å². The summed E-state index contributed by atoms with van der Waals surface area (Å²) in [6.45, 7) is 1.88.